The topological polar surface area (TPSA) is 33.2 Å². The first-order valence-electron chi connectivity index (χ1n) is 5.99. The van der Waals surface area contributed by atoms with E-state index in [1.807, 2.05) is 25.1 Å². The van der Waals surface area contributed by atoms with Gasteiger partial charge in [0.15, 0.2) is 6.29 Å². The van der Waals surface area contributed by atoms with Crippen LogP contribution in [-0.4, -0.2) is 18.3 Å². The van der Waals surface area contributed by atoms with Crippen molar-refractivity contribution in [2.45, 2.75) is 13.5 Å². The Morgan fingerprint density at radius 3 is 2.68 bits per heavy atom. The minimum absolute atomic E-state index is 0.306. The fraction of sp³-hybridized carbons (Fsp3) is 0.200. The Morgan fingerprint density at radius 2 is 2.00 bits per heavy atom. The lowest BCUT2D eigenvalue weighted by Gasteiger charge is -2.21. The summed E-state index contributed by atoms with van der Waals surface area (Å²) < 4.78 is 13.8. The average molecular weight is 258 g/mol. The van der Waals surface area contributed by atoms with Crippen LogP contribution < -0.4 is 4.90 Å². The van der Waals surface area contributed by atoms with Crippen LogP contribution >= 0.6 is 0 Å². The van der Waals surface area contributed by atoms with Crippen molar-refractivity contribution in [3.05, 3.63) is 59.2 Å². The minimum atomic E-state index is -0.403. The van der Waals surface area contributed by atoms with Crippen LogP contribution in [0, 0.1) is 12.7 Å². The average Bonchev–Trinajstić information content (AvgIpc) is 2.38. The summed E-state index contributed by atoms with van der Waals surface area (Å²) in [5, 5.41) is 0. The Hall–Kier alpha value is -2.23. The van der Waals surface area contributed by atoms with E-state index in [4.69, 9.17) is 0 Å². The van der Waals surface area contributed by atoms with Gasteiger partial charge >= 0.3 is 0 Å². The van der Waals surface area contributed by atoms with Crippen LogP contribution in [0.2, 0.25) is 0 Å². The summed E-state index contributed by atoms with van der Waals surface area (Å²) in [6.45, 7) is 2.35. The van der Waals surface area contributed by atoms with Gasteiger partial charge in [-0.3, -0.25) is 9.78 Å². The second kappa shape index (κ2) is 5.61. The second-order valence-electron chi connectivity index (χ2n) is 4.42. The molecule has 1 aromatic carbocycles. The van der Waals surface area contributed by atoms with E-state index in [0.717, 1.165) is 11.4 Å². The fourth-order valence-corrected chi connectivity index (χ4v) is 2.04. The minimum Gasteiger partial charge on any atom is -0.366 e. The summed E-state index contributed by atoms with van der Waals surface area (Å²) in [5.74, 6) is -0.403. The summed E-state index contributed by atoms with van der Waals surface area (Å²) >= 11 is 0. The molecular weight excluding hydrogens is 243 g/mol. The molecular formula is C15H15FN2O. The van der Waals surface area contributed by atoms with Crippen molar-refractivity contribution in [3.8, 4) is 0 Å². The third-order valence-corrected chi connectivity index (χ3v) is 2.87. The number of para-hydroxylation sites is 1. The summed E-state index contributed by atoms with van der Waals surface area (Å²) in [6.07, 6.45) is 0.665. The predicted octanol–water partition coefficient (Wildman–Crippen LogP) is 2.98. The van der Waals surface area contributed by atoms with Gasteiger partial charge in [-0.15, -0.1) is 0 Å². The first kappa shape index (κ1) is 13.2. The molecule has 4 heteroatoms. The Labute approximate surface area is 111 Å². The Balaban J connectivity index is 2.30. The molecule has 0 saturated heterocycles. The Bertz CT molecular complexity index is 598. The largest absolute Gasteiger partial charge is 0.366 e. The molecule has 3 nitrogen and oxygen atoms in total. The third kappa shape index (κ3) is 2.96. The molecule has 19 heavy (non-hydrogen) atoms. The van der Waals surface area contributed by atoms with Gasteiger partial charge < -0.3 is 4.90 Å². The van der Waals surface area contributed by atoms with E-state index in [2.05, 4.69) is 4.98 Å². The zero-order valence-electron chi connectivity index (χ0n) is 10.9. The zero-order valence-corrected chi connectivity index (χ0v) is 10.9. The monoisotopic (exact) mass is 258 g/mol. The second-order valence-corrected chi connectivity index (χ2v) is 4.42. The maximum atomic E-state index is 13.8. The van der Waals surface area contributed by atoms with E-state index >= 15 is 0 Å². The molecule has 0 amide bonds. The molecule has 1 heterocycles. The Kier molecular flexibility index (Phi) is 3.90. The van der Waals surface area contributed by atoms with Crippen LogP contribution in [-0.2, 0) is 6.54 Å². The number of aldehydes is 1. The van der Waals surface area contributed by atoms with Crippen LogP contribution in [0.4, 0.5) is 10.1 Å². The molecule has 0 spiro atoms. The van der Waals surface area contributed by atoms with Crippen molar-refractivity contribution in [3.63, 3.8) is 0 Å². The molecule has 0 atom stereocenters. The van der Waals surface area contributed by atoms with Gasteiger partial charge in [-0.05, 0) is 31.2 Å². The van der Waals surface area contributed by atoms with E-state index in [1.165, 1.54) is 12.1 Å². The number of carbonyl (C=O) groups is 1. The van der Waals surface area contributed by atoms with Crippen molar-refractivity contribution in [2.24, 2.45) is 0 Å². The normalized spacial score (nSPS) is 10.3. The van der Waals surface area contributed by atoms with Gasteiger partial charge in [0.2, 0.25) is 0 Å². The number of halogens is 1. The van der Waals surface area contributed by atoms with Crippen molar-refractivity contribution in [1.82, 2.24) is 4.98 Å². The van der Waals surface area contributed by atoms with E-state index in [-0.39, 0.29) is 0 Å². The molecule has 2 aromatic rings. The van der Waals surface area contributed by atoms with Crippen molar-refractivity contribution in [1.29, 1.82) is 0 Å². The van der Waals surface area contributed by atoms with Gasteiger partial charge in [-0.25, -0.2) is 4.39 Å². The number of aryl methyl sites for hydroxylation is 1. The number of rotatable bonds is 4. The number of hydrogen-bond donors (Lipinski definition) is 0. The summed E-state index contributed by atoms with van der Waals surface area (Å²) in [5.41, 5.74) is 2.40. The molecule has 2 rings (SSSR count). The molecule has 0 unspecified atom stereocenters. The van der Waals surface area contributed by atoms with Crippen molar-refractivity contribution in [2.75, 3.05) is 11.9 Å². The summed E-state index contributed by atoms with van der Waals surface area (Å²) in [6, 6.07) is 10.2. The first-order valence-corrected chi connectivity index (χ1v) is 5.99. The highest BCUT2D eigenvalue weighted by Gasteiger charge is 2.13. The lowest BCUT2D eigenvalue weighted by Crippen LogP contribution is -2.20. The number of aromatic nitrogens is 1. The van der Waals surface area contributed by atoms with E-state index < -0.39 is 5.82 Å². The summed E-state index contributed by atoms with van der Waals surface area (Å²) in [4.78, 5) is 17.0. The molecule has 0 aliphatic rings. The number of pyridine rings is 1. The van der Waals surface area contributed by atoms with E-state index in [9.17, 15) is 9.18 Å². The van der Waals surface area contributed by atoms with Gasteiger partial charge in [0.05, 0.1) is 17.9 Å². The highest BCUT2D eigenvalue weighted by atomic mass is 19.1. The van der Waals surface area contributed by atoms with E-state index in [0.29, 0.717) is 24.1 Å². The highest BCUT2D eigenvalue weighted by Crippen LogP contribution is 2.23. The molecule has 0 radical (unpaired) electrons. The molecule has 0 fully saturated rings. The van der Waals surface area contributed by atoms with Crippen LogP contribution in [0.1, 0.15) is 21.7 Å². The molecule has 0 aliphatic carbocycles. The van der Waals surface area contributed by atoms with Gasteiger partial charge in [-0.2, -0.15) is 0 Å². The van der Waals surface area contributed by atoms with Gasteiger partial charge in [0.25, 0.3) is 0 Å². The van der Waals surface area contributed by atoms with Gasteiger partial charge in [-0.1, -0.05) is 12.1 Å². The zero-order chi connectivity index (χ0) is 13.8. The molecule has 0 N–H and O–H groups in total. The SMILES string of the molecule is Cc1cccc(CN(C)c2c(F)cccc2C=O)n1. The number of hydrogen-bond acceptors (Lipinski definition) is 3. The van der Waals surface area contributed by atoms with Gasteiger partial charge in [0.1, 0.15) is 5.82 Å². The maximum absolute atomic E-state index is 13.8. The lowest BCUT2D eigenvalue weighted by molar-refractivity contribution is 0.112. The molecule has 98 valence electrons. The number of nitrogens with zero attached hydrogens (tertiary/aromatic N) is 2. The van der Waals surface area contributed by atoms with Crippen LogP contribution in [0.3, 0.4) is 0 Å². The Morgan fingerprint density at radius 1 is 1.26 bits per heavy atom. The number of carbonyl (C=O) groups excluding carboxylic acids is 1. The van der Waals surface area contributed by atoms with E-state index in [1.54, 1.807) is 18.0 Å². The standard InChI is InChI=1S/C15H15FN2O/c1-11-5-3-7-13(17-11)9-18(2)15-12(10-19)6-4-8-14(15)16/h3-8,10H,9H2,1-2H3. The first-order chi connectivity index (χ1) is 9.11. The van der Waals surface area contributed by atoms with Gasteiger partial charge in [0, 0.05) is 18.3 Å². The molecule has 0 bridgehead atoms. The van der Waals surface area contributed by atoms with Crippen molar-refractivity contribution < 1.29 is 9.18 Å². The third-order valence-electron chi connectivity index (χ3n) is 2.87. The molecule has 1 aromatic heterocycles. The summed E-state index contributed by atoms with van der Waals surface area (Å²) in [7, 11) is 1.75. The maximum Gasteiger partial charge on any atom is 0.152 e. The highest BCUT2D eigenvalue weighted by molar-refractivity contribution is 5.84. The smallest absolute Gasteiger partial charge is 0.152 e. The van der Waals surface area contributed by atoms with Crippen LogP contribution in [0.25, 0.3) is 0 Å². The number of benzene rings is 1. The molecule has 0 saturated carbocycles. The molecule has 0 aliphatic heterocycles. The quantitative estimate of drug-likeness (QED) is 0.790. The fourth-order valence-electron chi connectivity index (χ4n) is 2.04. The number of anilines is 1. The van der Waals surface area contributed by atoms with Crippen molar-refractivity contribution >= 4 is 12.0 Å². The predicted molar refractivity (Wildman–Crippen MR) is 72.9 cm³/mol. The van der Waals surface area contributed by atoms with Crippen LogP contribution in [0.5, 0.6) is 0 Å². The lowest BCUT2D eigenvalue weighted by atomic mass is 10.1. The van der Waals surface area contributed by atoms with Crippen LogP contribution in [0.15, 0.2) is 36.4 Å².